The van der Waals surface area contributed by atoms with Crippen molar-refractivity contribution >= 4 is 34.8 Å². The summed E-state index contributed by atoms with van der Waals surface area (Å²) < 4.78 is 5.19. The highest BCUT2D eigenvalue weighted by atomic mass is 32.1. The van der Waals surface area contributed by atoms with Crippen LogP contribution >= 0.6 is 11.3 Å². The van der Waals surface area contributed by atoms with E-state index in [1.54, 1.807) is 31.4 Å². The Bertz CT molecular complexity index is 894. The van der Waals surface area contributed by atoms with Crippen LogP contribution in [0, 0.1) is 5.92 Å². The monoisotopic (exact) mass is 413 g/mol. The van der Waals surface area contributed by atoms with Crippen molar-refractivity contribution in [2.24, 2.45) is 11.0 Å². The molecule has 1 aromatic heterocycles. The van der Waals surface area contributed by atoms with Crippen molar-refractivity contribution in [3.8, 4) is 0 Å². The van der Waals surface area contributed by atoms with Crippen LogP contribution in [0.25, 0.3) is 0 Å². The second kappa shape index (κ2) is 9.47. The van der Waals surface area contributed by atoms with Crippen molar-refractivity contribution in [1.82, 2.24) is 10.3 Å². The topological polar surface area (TPSA) is 88.1 Å². The molecule has 7 nitrogen and oxygen atoms in total. The minimum absolute atomic E-state index is 0.184. The van der Waals surface area contributed by atoms with Crippen LogP contribution in [-0.2, 0) is 14.3 Å². The normalized spacial score (nSPS) is 14.4. The predicted octanol–water partition coefficient (Wildman–Crippen LogP) is 2.68. The van der Waals surface area contributed by atoms with Gasteiger partial charge in [0.25, 0.3) is 11.8 Å². The number of rotatable bonds is 7. The number of amides is 2. The molecule has 2 aromatic rings. The molecule has 29 heavy (non-hydrogen) atoms. The van der Waals surface area contributed by atoms with E-state index in [4.69, 9.17) is 4.74 Å². The molecule has 1 aromatic carbocycles. The smallest absolute Gasteiger partial charge is 0.329 e. The van der Waals surface area contributed by atoms with Gasteiger partial charge in [0, 0.05) is 6.42 Å². The summed E-state index contributed by atoms with van der Waals surface area (Å²) >= 11 is 1.29. The third-order valence-electron chi connectivity index (χ3n) is 4.49. The Morgan fingerprint density at radius 2 is 1.93 bits per heavy atom. The van der Waals surface area contributed by atoms with E-state index in [0.29, 0.717) is 17.8 Å². The van der Waals surface area contributed by atoms with Crippen molar-refractivity contribution in [1.29, 1.82) is 0 Å². The van der Waals surface area contributed by atoms with Gasteiger partial charge in [-0.3, -0.25) is 9.59 Å². The fourth-order valence-electron chi connectivity index (χ4n) is 2.89. The SMILES string of the molecule is CC(C)[C@@H](NC(=O)c1cccs1)C(=O)OCC(=O)N1CCC(c2ccccc2)=N1. The first-order valence-corrected chi connectivity index (χ1v) is 10.3. The molecule has 1 atom stereocenters. The molecule has 0 fully saturated rings. The summed E-state index contributed by atoms with van der Waals surface area (Å²) in [5, 5.41) is 10.1. The second-order valence-electron chi connectivity index (χ2n) is 6.96. The molecule has 0 aliphatic carbocycles. The van der Waals surface area contributed by atoms with Gasteiger partial charge in [-0.05, 0) is 22.9 Å². The molecular formula is C21H23N3O4S. The highest BCUT2D eigenvalue weighted by Gasteiger charge is 2.28. The van der Waals surface area contributed by atoms with Gasteiger partial charge in [-0.25, -0.2) is 9.80 Å². The molecule has 0 spiro atoms. The number of hydrogen-bond acceptors (Lipinski definition) is 6. The van der Waals surface area contributed by atoms with Gasteiger partial charge in [0.05, 0.1) is 17.1 Å². The van der Waals surface area contributed by atoms with Crippen molar-refractivity contribution in [3.63, 3.8) is 0 Å². The molecule has 0 bridgehead atoms. The van der Waals surface area contributed by atoms with Crippen LogP contribution < -0.4 is 5.32 Å². The molecule has 0 radical (unpaired) electrons. The van der Waals surface area contributed by atoms with E-state index in [0.717, 1.165) is 11.3 Å². The lowest BCUT2D eigenvalue weighted by atomic mass is 10.0. The highest BCUT2D eigenvalue weighted by molar-refractivity contribution is 7.12. The van der Waals surface area contributed by atoms with Gasteiger partial charge in [0.2, 0.25) is 0 Å². The van der Waals surface area contributed by atoms with Crippen LogP contribution in [0.2, 0.25) is 0 Å². The number of ether oxygens (including phenoxy) is 1. The molecule has 0 saturated heterocycles. The second-order valence-corrected chi connectivity index (χ2v) is 7.91. The summed E-state index contributed by atoms with van der Waals surface area (Å²) in [6.07, 6.45) is 0.648. The van der Waals surface area contributed by atoms with Gasteiger partial charge in [-0.2, -0.15) is 5.10 Å². The van der Waals surface area contributed by atoms with Crippen LogP contribution in [0.15, 0.2) is 52.9 Å². The number of nitrogens with zero attached hydrogens (tertiary/aromatic N) is 2. The van der Waals surface area contributed by atoms with Gasteiger partial charge in [-0.1, -0.05) is 50.2 Å². The maximum atomic E-state index is 12.5. The average molecular weight is 413 g/mol. The fourth-order valence-corrected chi connectivity index (χ4v) is 3.51. The van der Waals surface area contributed by atoms with Crippen LogP contribution in [0.1, 0.15) is 35.5 Å². The number of hydrazone groups is 1. The number of carbonyl (C=O) groups is 3. The minimum atomic E-state index is -0.834. The van der Waals surface area contributed by atoms with E-state index < -0.39 is 24.5 Å². The predicted molar refractivity (Wildman–Crippen MR) is 111 cm³/mol. The number of hydrogen-bond donors (Lipinski definition) is 1. The molecule has 1 aliphatic rings. The van der Waals surface area contributed by atoms with Gasteiger partial charge in [-0.15, -0.1) is 11.3 Å². The number of esters is 1. The molecule has 0 saturated carbocycles. The third kappa shape index (κ3) is 5.29. The standard InChI is InChI=1S/C21H23N3O4S/c1-14(2)19(22-20(26)17-9-6-12-29-17)21(27)28-13-18(25)24-11-10-16(23-24)15-7-4-3-5-8-15/h3-9,12,14,19H,10-11,13H2,1-2H3,(H,22,26)/t19-/m1/s1. The van der Waals surface area contributed by atoms with Crippen molar-refractivity contribution in [2.45, 2.75) is 26.3 Å². The zero-order chi connectivity index (χ0) is 20.8. The number of nitrogens with one attached hydrogen (secondary N) is 1. The van der Waals surface area contributed by atoms with E-state index in [1.807, 2.05) is 30.3 Å². The summed E-state index contributed by atoms with van der Waals surface area (Å²) in [4.78, 5) is 37.6. The molecule has 1 N–H and O–H groups in total. The van der Waals surface area contributed by atoms with Gasteiger partial charge < -0.3 is 10.1 Å². The molecule has 1 aliphatic heterocycles. The maximum absolute atomic E-state index is 12.5. The lowest BCUT2D eigenvalue weighted by molar-refractivity contribution is -0.154. The van der Waals surface area contributed by atoms with Crippen molar-refractivity contribution in [2.75, 3.05) is 13.2 Å². The highest BCUT2D eigenvalue weighted by Crippen LogP contribution is 2.14. The van der Waals surface area contributed by atoms with Crippen LogP contribution in [0.4, 0.5) is 0 Å². The molecular weight excluding hydrogens is 390 g/mol. The van der Waals surface area contributed by atoms with E-state index in [-0.39, 0.29) is 11.8 Å². The Morgan fingerprint density at radius 1 is 1.17 bits per heavy atom. The number of benzene rings is 1. The minimum Gasteiger partial charge on any atom is -0.454 e. The zero-order valence-corrected chi connectivity index (χ0v) is 17.1. The van der Waals surface area contributed by atoms with Crippen LogP contribution in [0.3, 0.4) is 0 Å². The van der Waals surface area contributed by atoms with Crippen molar-refractivity contribution in [3.05, 3.63) is 58.3 Å². The van der Waals surface area contributed by atoms with Crippen molar-refractivity contribution < 1.29 is 19.1 Å². The maximum Gasteiger partial charge on any atom is 0.329 e. The fraction of sp³-hybridized carbons (Fsp3) is 0.333. The summed E-state index contributed by atoms with van der Waals surface area (Å²) in [5.74, 6) is -1.55. The molecule has 2 heterocycles. The van der Waals surface area contributed by atoms with Crippen LogP contribution in [-0.4, -0.2) is 47.7 Å². The number of thiophene rings is 1. The van der Waals surface area contributed by atoms with E-state index >= 15 is 0 Å². The lowest BCUT2D eigenvalue weighted by Gasteiger charge is -2.21. The Hall–Kier alpha value is -3.00. The number of carbonyl (C=O) groups excluding carboxylic acids is 3. The first-order chi connectivity index (χ1) is 14.0. The van der Waals surface area contributed by atoms with Gasteiger partial charge >= 0.3 is 5.97 Å². The summed E-state index contributed by atoms with van der Waals surface area (Å²) in [6, 6.07) is 12.3. The largest absolute Gasteiger partial charge is 0.454 e. The molecule has 152 valence electrons. The van der Waals surface area contributed by atoms with Gasteiger partial charge in [0.15, 0.2) is 6.61 Å². The van der Waals surface area contributed by atoms with E-state index in [1.165, 1.54) is 16.3 Å². The molecule has 0 unspecified atom stereocenters. The zero-order valence-electron chi connectivity index (χ0n) is 16.3. The molecule has 8 heteroatoms. The van der Waals surface area contributed by atoms with Gasteiger partial charge in [0.1, 0.15) is 6.04 Å². The summed E-state index contributed by atoms with van der Waals surface area (Å²) in [5.41, 5.74) is 1.80. The first kappa shape index (κ1) is 20.7. The Morgan fingerprint density at radius 3 is 2.59 bits per heavy atom. The summed E-state index contributed by atoms with van der Waals surface area (Å²) in [7, 11) is 0. The third-order valence-corrected chi connectivity index (χ3v) is 5.36. The first-order valence-electron chi connectivity index (χ1n) is 9.40. The van der Waals surface area contributed by atoms with Crippen LogP contribution in [0.5, 0.6) is 0 Å². The average Bonchev–Trinajstić information content (AvgIpc) is 3.42. The Kier molecular flexibility index (Phi) is 6.77. The quantitative estimate of drug-likeness (QED) is 0.707. The van der Waals surface area contributed by atoms with E-state index in [2.05, 4.69) is 10.4 Å². The Labute approximate surface area is 173 Å². The molecule has 2 amide bonds. The lowest BCUT2D eigenvalue weighted by Crippen LogP contribution is -2.46. The summed E-state index contributed by atoms with van der Waals surface area (Å²) in [6.45, 7) is 3.64. The van der Waals surface area contributed by atoms with E-state index in [9.17, 15) is 14.4 Å². The molecule has 3 rings (SSSR count). The Balaban J connectivity index is 1.55.